The van der Waals surface area contributed by atoms with E-state index in [1.807, 2.05) is 27.7 Å². The van der Waals surface area contributed by atoms with E-state index in [0.29, 0.717) is 6.10 Å². The van der Waals surface area contributed by atoms with Gasteiger partial charge in [-0.25, -0.2) is 0 Å². The van der Waals surface area contributed by atoms with Crippen LogP contribution >= 0.6 is 0 Å². The number of hydrogen-bond acceptors (Lipinski definition) is 3. The highest BCUT2D eigenvalue weighted by atomic mass is 16.5. The molecule has 0 bridgehead atoms. The van der Waals surface area contributed by atoms with Crippen molar-refractivity contribution in [2.24, 2.45) is 0 Å². The summed E-state index contributed by atoms with van der Waals surface area (Å²) in [5, 5.41) is 8.74. The molecule has 1 N–H and O–H groups in total. The van der Waals surface area contributed by atoms with Gasteiger partial charge < -0.3 is 14.7 Å². The Balaban J connectivity index is 0. The van der Waals surface area contributed by atoms with E-state index in [1.54, 1.807) is 0 Å². The topological polar surface area (TPSA) is 32.7 Å². The van der Waals surface area contributed by atoms with E-state index in [4.69, 9.17) is 9.84 Å². The second-order valence-corrected chi connectivity index (χ2v) is 3.43. The van der Waals surface area contributed by atoms with E-state index in [-0.39, 0.29) is 6.61 Å². The summed E-state index contributed by atoms with van der Waals surface area (Å²) in [4.78, 5) is 2.23. The maximum Gasteiger partial charge on any atom is 0.0558 e. The molecule has 0 aromatic heterocycles. The third-order valence-electron chi connectivity index (χ3n) is 1.93. The van der Waals surface area contributed by atoms with Crippen LogP contribution in [-0.4, -0.2) is 49.0 Å². The lowest BCUT2D eigenvalue weighted by molar-refractivity contribution is 0.0694. The molecule has 0 aliphatic carbocycles. The van der Waals surface area contributed by atoms with Gasteiger partial charge in [0.15, 0.2) is 0 Å². The lowest BCUT2D eigenvalue weighted by Crippen LogP contribution is -2.28. The highest BCUT2D eigenvalue weighted by Crippen LogP contribution is 1.94. The summed E-state index contributed by atoms with van der Waals surface area (Å²) in [6.45, 7) is 14.1. The van der Waals surface area contributed by atoms with Crippen molar-refractivity contribution in [2.75, 3.05) is 32.8 Å². The van der Waals surface area contributed by atoms with Gasteiger partial charge in [-0.2, -0.15) is 0 Å². The molecule has 0 unspecified atom stereocenters. The molecule has 0 aromatic carbocycles. The zero-order chi connectivity index (χ0) is 12.1. The minimum atomic E-state index is 0.249. The van der Waals surface area contributed by atoms with E-state index in [2.05, 4.69) is 11.8 Å². The van der Waals surface area contributed by atoms with Crippen molar-refractivity contribution in [3.05, 3.63) is 0 Å². The Bertz CT molecular complexity index is 108. The predicted octanol–water partition coefficient (Wildman–Crippen LogP) is 2.14. The van der Waals surface area contributed by atoms with E-state index in [1.165, 1.54) is 0 Å². The van der Waals surface area contributed by atoms with Crippen LogP contribution in [0.5, 0.6) is 0 Å². The molecule has 0 aliphatic rings. The van der Waals surface area contributed by atoms with Gasteiger partial charge in [0.1, 0.15) is 0 Å². The number of aliphatic hydroxyl groups excluding tert-OH is 1. The van der Waals surface area contributed by atoms with Gasteiger partial charge in [-0.1, -0.05) is 20.8 Å². The molecule has 0 radical (unpaired) electrons. The highest BCUT2D eigenvalue weighted by Gasteiger charge is 2.00. The second-order valence-electron chi connectivity index (χ2n) is 3.43. The fourth-order valence-corrected chi connectivity index (χ4v) is 1.18. The average molecular weight is 219 g/mol. The van der Waals surface area contributed by atoms with Crippen LogP contribution in [0.3, 0.4) is 0 Å². The van der Waals surface area contributed by atoms with Crippen molar-refractivity contribution in [2.45, 2.75) is 47.1 Å². The lowest BCUT2D eigenvalue weighted by Gasteiger charge is -2.19. The number of aliphatic hydroxyl groups is 1. The first-order valence-corrected chi connectivity index (χ1v) is 6.15. The van der Waals surface area contributed by atoms with Crippen LogP contribution in [0.2, 0.25) is 0 Å². The summed E-state index contributed by atoms with van der Waals surface area (Å²) in [5.41, 5.74) is 0. The average Bonchev–Trinajstić information content (AvgIpc) is 2.25. The van der Waals surface area contributed by atoms with Gasteiger partial charge in [0.2, 0.25) is 0 Å². The van der Waals surface area contributed by atoms with Crippen molar-refractivity contribution in [3.63, 3.8) is 0 Å². The van der Waals surface area contributed by atoms with E-state index in [9.17, 15) is 0 Å². The maximum atomic E-state index is 8.74. The Hall–Kier alpha value is -0.120. The second kappa shape index (κ2) is 13.9. The standard InChI is InChI=1S/C10H23NO2.C2H6/c1-4-11(7-8-12)6-5-9-13-10(2)3;1-2/h10,12H,4-9H2,1-3H3;1-2H3. The molecular formula is C12H29NO2. The van der Waals surface area contributed by atoms with Crippen LogP contribution in [0.1, 0.15) is 41.0 Å². The van der Waals surface area contributed by atoms with Crippen LogP contribution in [0.4, 0.5) is 0 Å². The molecule has 0 heterocycles. The molecule has 0 rings (SSSR count). The first-order valence-electron chi connectivity index (χ1n) is 6.15. The summed E-state index contributed by atoms with van der Waals surface area (Å²) < 4.78 is 5.43. The van der Waals surface area contributed by atoms with Gasteiger partial charge in [-0.3, -0.25) is 0 Å². The summed E-state index contributed by atoms with van der Waals surface area (Å²) in [5.74, 6) is 0. The van der Waals surface area contributed by atoms with E-state index in [0.717, 1.165) is 32.7 Å². The van der Waals surface area contributed by atoms with Crippen LogP contribution in [-0.2, 0) is 4.74 Å². The Morgan fingerprint density at radius 2 is 1.80 bits per heavy atom. The number of ether oxygens (including phenoxy) is 1. The van der Waals surface area contributed by atoms with Crippen LogP contribution < -0.4 is 0 Å². The third kappa shape index (κ3) is 13.9. The van der Waals surface area contributed by atoms with Gasteiger partial charge in [-0.05, 0) is 26.8 Å². The Labute approximate surface area is 95.4 Å². The van der Waals surface area contributed by atoms with Gasteiger partial charge in [0.25, 0.3) is 0 Å². The zero-order valence-corrected chi connectivity index (χ0v) is 11.1. The molecule has 0 saturated heterocycles. The summed E-state index contributed by atoms with van der Waals surface area (Å²) >= 11 is 0. The Morgan fingerprint density at radius 3 is 2.20 bits per heavy atom. The maximum absolute atomic E-state index is 8.74. The number of hydrogen-bond donors (Lipinski definition) is 1. The van der Waals surface area contributed by atoms with Crippen LogP contribution in [0, 0.1) is 0 Å². The van der Waals surface area contributed by atoms with Crippen molar-refractivity contribution >= 4 is 0 Å². The van der Waals surface area contributed by atoms with Crippen molar-refractivity contribution in [1.29, 1.82) is 0 Å². The lowest BCUT2D eigenvalue weighted by atomic mass is 10.4. The van der Waals surface area contributed by atoms with Crippen molar-refractivity contribution in [1.82, 2.24) is 4.90 Å². The SMILES string of the molecule is CC.CCN(CCO)CCCOC(C)C. The smallest absolute Gasteiger partial charge is 0.0558 e. The molecule has 0 fully saturated rings. The molecule has 3 heteroatoms. The summed E-state index contributed by atoms with van der Waals surface area (Å²) in [7, 11) is 0. The third-order valence-corrected chi connectivity index (χ3v) is 1.93. The molecule has 15 heavy (non-hydrogen) atoms. The molecule has 0 aliphatic heterocycles. The van der Waals surface area contributed by atoms with E-state index < -0.39 is 0 Å². The van der Waals surface area contributed by atoms with E-state index >= 15 is 0 Å². The van der Waals surface area contributed by atoms with Crippen LogP contribution in [0.15, 0.2) is 0 Å². The first-order chi connectivity index (χ1) is 7.20. The summed E-state index contributed by atoms with van der Waals surface area (Å²) in [6.07, 6.45) is 1.37. The van der Waals surface area contributed by atoms with Crippen LogP contribution in [0.25, 0.3) is 0 Å². The molecule has 3 nitrogen and oxygen atoms in total. The first kappa shape index (κ1) is 17.3. The zero-order valence-electron chi connectivity index (χ0n) is 11.1. The van der Waals surface area contributed by atoms with Gasteiger partial charge in [0, 0.05) is 19.7 Å². The molecular weight excluding hydrogens is 190 g/mol. The fourth-order valence-electron chi connectivity index (χ4n) is 1.18. The molecule has 0 amide bonds. The van der Waals surface area contributed by atoms with Crippen molar-refractivity contribution in [3.8, 4) is 0 Å². The normalized spacial score (nSPS) is 10.4. The Morgan fingerprint density at radius 1 is 1.20 bits per heavy atom. The number of nitrogens with zero attached hydrogens (tertiary/aromatic N) is 1. The van der Waals surface area contributed by atoms with Gasteiger partial charge in [0.05, 0.1) is 12.7 Å². The number of likely N-dealkylation sites (N-methyl/N-ethyl adjacent to an activating group) is 1. The van der Waals surface area contributed by atoms with Gasteiger partial charge >= 0.3 is 0 Å². The minimum Gasteiger partial charge on any atom is -0.395 e. The highest BCUT2D eigenvalue weighted by molar-refractivity contribution is 4.54. The predicted molar refractivity (Wildman–Crippen MR) is 66.3 cm³/mol. The molecule has 0 aromatic rings. The van der Waals surface area contributed by atoms with Crippen molar-refractivity contribution < 1.29 is 9.84 Å². The quantitative estimate of drug-likeness (QED) is 0.635. The summed E-state index contributed by atoms with van der Waals surface area (Å²) in [6, 6.07) is 0. The fraction of sp³-hybridized carbons (Fsp3) is 1.00. The molecule has 94 valence electrons. The molecule has 0 saturated carbocycles. The molecule has 0 atom stereocenters. The molecule has 0 spiro atoms. The monoisotopic (exact) mass is 219 g/mol. The number of rotatable bonds is 8. The Kier molecular flexibility index (Phi) is 16.0. The van der Waals surface area contributed by atoms with Gasteiger partial charge in [-0.15, -0.1) is 0 Å². The largest absolute Gasteiger partial charge is 0.395 e. The minimum absolute atomic E-state index is 0.249.